The van der Waals surface area contributed by atoms with Gasteiger partial charge in [0.05, 0.1) is 18.2 Å². The molecule has 2 aromatic carbocycles. The third-order valence-electron chi connectivity index (χ3n) is 5.49. The summed E-state index contributed by atoms with van der Waals surface area (Å²) in [5, 5.41) is 4.54. The van der Waals surface area contributed by atoms with Gasteiger partial charge in [0, 0.05) is 49.5 Å². The second-order valence-electron chi connectivity index (χ2n) is 7.75. The van der Waals surface area contributed by atoms with Crippen LogP contribution in [0, 0.1) is 0 Å². The molecule has 1 atom stereocenters. The first-order valence-electron chi connectivity index (χ1n) is 10.6. The van der Waals surface area contributed by atoms with Crippen LogP contribution in [0.2, 0.25) is 0 Å². The van der Waals surface area contributed by atoms with Crippen molar-refractivity contribution in [1.82, 2.24) is 19.9 Å². The number of nitrogens with one attached hydrogen (secondary N) is 1. The summed E-state index contributed by atoms with van der Waals surface area (Å²) >= 11 is 0. The van der Waals surface area contributed by atoms with Gasteiger partial charge in [-0.3, -0.25) is 9.88 Å². The third kappa shape index (κ3) is 4.71. The molecule has 0 aliphatic carbocycles. The van der Waals surface area contributed by atoms with Crippen molar-refractivity contribution in [1.29, 1.82) is 0 Å². The minimum absolute atomic E-state index is 0.105. The summed E-state index contributed by atoms with van der Waals surface area (Å²) in [7, 11) is 0. The van der Waals surface area contributed by atoms with Gasteiger partial charge < -0.3 is 10.1 Å². The lowest BCUT2D eigenvalue weighted by Gasteiger charge is -2.33. The molecule has 6 heteroatoms. The predicted octanol–water partition coefficient (Wildman–Crippen LogP) is 4.00. The summed E-state index contributed by atoms with van der Waals surface area (Å²) in [6.45, 7) is 4.22. The molecule has 0 saturated carbocycles. The molecule has 0 radical (unpaired) electrons. The molecule has 1 N–H and O–H groups in total. The van der Waals surface area contributed by atoms with Gasteiger partial charge in [-0.15, -0.1) is 0 Å². The van der Waals surface area contributed by atoms with Crippen LogP contribution < -0.4 is 5.32 Å². The molecule has 1 saturated heterocycles. The van der Waals surface area contributed by atoms with Gasteiger partial charge in [0.25, 0.3) is 0 Å². The number of para-hydroxylation sites is 1. The third-order valence-corrected chi connectivity index (χ3v) is 5.49. The van der Waals surface area contributed by atoms with Gasteiger partial charge >= 0.3 is 0 Å². The molecule has 5 rings (SSSR count). The number of anilines is 1. The van der Waals surface area contributed by atoms with E-state index in [1.54, 1.807) is 12.4 Å². The fraction of sp³-hybridized carbons (Fsp3) is 0.240. The maximum atomic E-state index is 6.04. The summed E-state index contributed by atoms with van der Waals surface area (Å²) in [5.74, 6) is 1.50. The number of morpholine rings is 1. The van der Waals surface area contributed by atoms with Gasteiger partial charge in [0.1, 0.15) is 5.82 Å². The molecule has 1 unspecified atom stereocenters. The van der Waals surface area contributed by atoms with Gasteiger partial charge in [0.2, 0.25) is 0 Å². The Morgan fingerprint density at radius 2 is 1.84 bits per heavy atom. The van der Waals surface area contributed by atoms with Crippen LogP contribution >= 0.6 is 0 Å². The van der Waals surface area contributed by atoms with Crippen molar-refractivity contribution in [3.63, 3.8) is 0 Å². The Labute approximate surface area is 181 Å². The number of hydrogen-bond acceptors (Lipinski definition) is 6. The molecule has 1 fully saturated rings. The zero-order valence-corrected chi connectivity index (χ0v) is 17.3. The predicted molar refractivity (Wildman–Crippen MR) is 123 cm³/mol. The van der Waals surface area contributed by atoms with E-state index >= 15 is 0 Å². The first-order chi connectivity index (χ1) is 15.3. The van der Waals surface area contributed by atoms with Crippen molar-refractivity contribution in [2.24, 2.45) is 0 Å². The summed E-state index contributed by atoms with van der Waals surface area (Å²) in [6, 6.07) is 22.5. The first-order valence-corrected chi connectivity index (χ1v) is 10.6. The monoisotopic (exact) mass is 411 g/mol. The standard InChI is InChI=1S/C25H25N5O/c1-2-7-19(8-3-1)17-30-13-14-31-21(18-30)16-27-25-22-10-4-5-11-23(22)28-24(29-25)20-9-6-12-26-15-20/h1-12,15,21H,13-14,16-18H2,(H,27,28,29). The molecule has 1 aliphatic rings. The Balaban J connectivity index is 1.32. The van der Waals surface area contributed by atoms with Crippen LogP contribution in [0.1, 0.15) is 5.56 Å². The molecule has 156 valence electrons. The van der Waals surface area contributed by atoms with Crippen molar-refractivity contribution in [2.45, 2.75) is 12.6 Å². The zero-order chi connectivity index (χ0) is 20.9. The summed E-state index contributed by atoms with van der Waals surface area (Å²) in [5.41, 5.74) is 3.15. The Kier molecular flexibility index (Phi) is 5.82. The zero-order valence-electron chi connectivity index (χ0n) is 17.3. The lowest BCUT2D eigenvalue weighted by molar-refractivity contribution is -0.0240. The van der Waals surface area contributed by atoms with Crippen LogP contribution in [-0.2, 0) is 11.3 Å². The van der Waals surface area contributed by atoms with Gasteiger partial charge in [-0.05, 0) is 29.8 Å². The molecular weight excluding hydrogens is 386 g/mol. The van der Waals surface area contributed by atoms with Crippen LogP contribution in [0.15, 0.2) is 79.1 Å². The van der Waals surface area contributed by atoms with E-state index < -0.39 is 0 Å². The molecular formula is C25H25N5O. The largest absolute Gasteiger partial charge is 0.374 e. The second kappa shape index (κ2) is 9.20. The van der Waals surface area contributed by atoms with Crippen molar-refractivity contribution in [3.05, 3.63) is 84.7 Å². The van der Waals surface area contributed by atoms with Crippen LogP contribution in [0.5, 0.6) is 0 Å². The van der Waals surface area contributed by atoms with E-state index in [-0.39, 0.29) is 6.10 Å². The fourth-order valence-electron chi connectivity index (χ4n) is 3.94. The average molecular weight is 412 g/mol. The molecule has 1 aliphatic heterocycles. The average Bonchev–Trinajstić information content (AvgIpc) is 2.84. The Hall–Kier alpha value is -3.35. The minimum atomic E-state index is 0.105. The van der Waals surface area contributed by atoms with Crippen molar-refractivity contribution in [2.75, 3.05) is 31.6 Å². The Bertz CT molecular complexity index is 1140. The maximum Gasteiger partial charge on any atom is 0.163 e. The summed E-state index contributed by atoms with van der Waals surface area (Å²) in [4.78, 5) is 16.2. The molecule has 6 nitrogen and oxygen atoms in total. The van der Waals surface area contributed by atoms with E-state index in [0.29, 0.717) is 12.4 Å². The van der Waals surface area contributed by atoms with Crippen LogP contribution in [-0.4, -0.2) is 52.2 Å². The van der Waals surface area contributed by atoms with Gasteiger partial charge in [-0.2, -0.15) is 0 Å². The number of fused-ring (bicyclic) bond motifs is 1. The molecule has 4 aromatic rings. The number of nitrogens with zero attached hydrogens (tertiary/aromatic N) is 4. The van der Waals surface area contributed by atoms with E-state index in [1.165, 1.54) is 5.56 Å². The molecule has 0 spiro atoms. The molecule has 0 bridgehead atoms. The fourth-order valence-corrected chi connectivity index (χ4v) is 3.94. The second-order valence-corrected chi connectivity index (χ2v) is 7.75. The van der Waals surface area contributed by atoms with E-state index in [9.17, 15) is 0 Å². The molecule has 3 heterocycles. The highest BCUT2D eigenvalue weighted by molar-refractivity contribution is 5.90. The number of benzene rings is 2. The topological polar surface area (TPSA) is 63.2 Å². The van der Waals surface area contributed by atoms with Crippen molar-refractivity contribution < 1.29 is 4.74 Å². The summed E-state index contributed by atoms with van der Waals surface area (Å²) < 4.78 is 6.04. The lowest BCUT2D eigenvalue weighted by atomic mass is 10.2. The number of rotatable bonds is 6. The van der Waals surface area contributed by atoms with E-state index in [2.05, 4.69) is 45.5 Å². The SMILES string of the molecule is c1ccc(CN2CCOC(CNc3nc(-c4cccnc4)nc4ccccc34)C2)cc1. The van der Waals surface area contributed by atoms with E-state index in [1.807, 2.05) is 36.4 Å². The summed E-state index contributed by atoms with van der Waals surface area (Å²) in [6.07, 6.45) is 3.65. The lowest BCUT2D eigenvalue weighted by Crippen LogP contribution is -2.44. The van der Waals surface area contributed by atoms with E-state index in [0.717, 1.165) is 48.5 Å². The van der Waals surface area contributed by atoms with E-state index in [4.69, 9.17) is 14.7 Å². The molecule has 0 amide bonds. The highest BCUT2D eigenvalue weighted by Crippen LogP contribution is 2.24. The number of ether oxygens (including phenoxy) is 1. The minimum Gasteiger partial charge on any atom is -0.374 e. The van der Waals surface area contributed by atoms with Crippen molar-refractivity contribution in [3.8, 4) is 11.4 Å². The number of pyridine rings is 1. The normalized spacial score (nSPS) is 17.0. The smallest absolute Gasteiger partial charge is 0.163 e. The van der Waals surface area contributed by atoms with Gasteiger partial charge in [-0.1, -0.05) is 42.5 Å². The quantitative estimate of drug-likeness (QED) is 0.517. The van der Waals surface area contributed by atoms with Crippen LogP contribution in [0.3, 0.4) is 0 Å². The van der Waals surface area contributed by atoms with Crippen molar-refractivity contribution >= 4 is 16.7 Å². The maximum absolute atomic E-state index is 6.04. The molecule has 2 aromatic heterocycles. The first kappa shape index (κ1) is 19.6. The Morgan fingerprint density at radius 1 is 0.968 bits per heavy atom. The number of hydrogen-bond donors (Lipinski definition) is 1. The molecule has 31 heavy (non-hydrogen) atoms. The number of aromatic nitrogens is 3. The highest BCUT2D eigenvalue weighted by atomic mass is 16.5. The van der Waals surface area contributed by atoms with Crippen LogP contribution in [0.25, 0.3) is 22.3 Å². The highest BCUT2D eigenvalue weighted by Gasteiger charge is 2.21. The van der Waals surface area contributed by atoms with Gasteiger partial charge in [0.15, 0.2) is 5.82 Å². The van der Waals surface area contributed by atoms with Gasteiger partial charge in [-0.25, -0.2) is 9.97 Å². The Morgan fingerprint density at radius 3 is 2.71 bits per heavy atom. The van der Waals surface area contributed by atoms with Crippen LogP contribution in [0.4, 0.5) is 5.82 Å².